The van der Waals surface area contributed by atoms with Crippen LogP contribution in [0.2, 0.25) is 0 Å². The molecule has 2 rings (SSSR count). The van der Waals surface area contributed by atoms with Gasteiger partial charge in [-0.1, -0.05) is 6.07 Å². The van der Waals surface area contributed by atoms with Gasteiger partial charge >= 0.3 is 0 Å². The molecule has 0 radical (unpaired) electrons. The maximum absolute atomic E-state index is 11.7. The van der Waals surface area contributed by atoms with Gasteiger partial charge in [-0.25, -0.2) is 0 Å². The van der Waals surface area contributed by atoms with Crippen LogP contribution in [0.15, 0.2) is 34.2 Å². The molecule has 0 atom stereocenters. The minimum atomic E-state index is 0.0515. The Kier molecular flexibility index (Phi) is 8.12. The van der Waals surface area contributed by atoms with Crippen LogP contribution in [0.3, 0.4) is 0 Å². The van der Waals surface area contributed by atoms with E-state index in [0.717, 1.165) is 64.7 Å². The van der Waals surface area contributed by atoms with Crippen LogP contribution >= 0.6 is 0 Å². The van der Waals surface area contributed by atoms with Crippen LogP contribution < -0.4 is 16.2 Å². The van der Waals surface area contributed by atoms with E-state index in [-0.39, 0.29) is 11.1 Å². The number of guanidine groups is 1. The summed E-state index contributed by atoms with van der Waals surface area (Å²) in [5.41, 5.74) is 0.110. The molecule has 1 saturated heterocycles. The van der Waals surface area contributed by atoms with Gasteiger partial charge in [0.15, 0.2) is 5.96 Å². The molecule has 146 valence electrons. The standard InChI is InChI=1S/C19H33N5O2/c1-19(2,24-12-14-26-15-13-24)16-22-18(20-3)21-9-5-7-11-23-10-6-4-8-17(23)25/h4,6,8,10H,5,7,9,11-16H2,1-3H3,(H2,20,21,22). The first kappa shape index (κ1) is 20.5. The molecule has 1 aromatic heterocycles. The normalized spacial score (nSPS) is 16.5. The van der Waals surface area contributed by atoms with Gasteiger partial charge in [0, 0.05) is 57.6 Å². The summed E-state index contributed by atoms with van der Waals surface area (Å²) in [7, 11) is 1.79. The predicted octanol–water partition coefficient (Wildman–Crippen LogP) is 0.904. The summed E-state index contributed by atoms with van der Waals surface area (Å²) in [6.45, 7) is 10.5. The highest BCUT2D eigenvalue weighted by atomic mass is 16.5. The van der Waals surface area contributed by atoms with E-state index in [9.17, 15) is 4.79 Å². The first-order chi connectivity index (χ1) is 12.5. The van der Waals surface area contributed by atoms with Gasteiger partial charge in [0.05, 0.1) is 13.2 Å². The fraction of sp³-hybridized carbons (Fsp3) is 0.684. The first-order valence-electron chi connectivity index (χ1n) is 9.46. The summed E-state index contributed by atoms with van der Waals surface area (Å²) in [5, 5.41) is 6.78. The molecule has 26 heavy (non-hydrogen) atoms. The van der Waals surface area contributed by atoms with Crippen molar-refractivity contribution >= 4 is 5.96 Å². The Morgan fingerprint density at radius 1 is 1.23 bits per heavy atom. The molecule has 0 amide bonds. The van der Waals surface area contributed by atoms with Crippen molar-refractivity contribution in [2.45, 2.75) is 38.8 Å². The number of morpholine rings is 1. The van der Waals surface area contributed by atoms with Crippen LogP contribution in [0.25, 0.3) is 0 Å². The number of ether oxygens (including phenoxy) is 1. The quantitative estimate of drug-likeness (QED) is 0.408. The fourth-order valence-corrected chi connectivity index (χ4v) is 3.06. The van der Waals surface area contributed by atoms with Crippen LogP contribution in [-0.4, -0.2) is 67.4 Å². The van der Waals surface area contributed by atoms with E-state index in [0.29, 0.717) is 0 Å². The van der Waals surface area contributed by atoms with Gasteiger partial charge in [-0.15, -0.1) is 0 Å². The number of pyridine rings is 1. The van der Waals surface area contributed by atoms with Crippen LogP contribution in [0.1, 0.15) is 26.7 Å². The van der Waals surface area contributed by atoms with Gasteiger partial charge in [0.25, 0.3) is 0 Å². The van der Waals surface area contributed by atoms with Crippen molar-refractivity contribution in [3.8, 4) is 0 Å². The number of nitrogens with zero attached hydrogens (tertiary/aromatic N) is 3. The Bertz CT molecular complexity index is 620. The van der Waals surface area contributed by atoms with Gasteiger partial charge < -0.3 is 19.9 Å². The Labute approximate surface area is 156 Å². The van der Waals surface area contributed by atoms with Gasteiger partial charge in [0.2, 0.25) is 5.56 Å². The molecule has 1 aliphatic rings. The number of unbranched alkanes of at least 4 members (excludes halogenated alkanes) is 1. The van der Waals surface area contributed by atoms with Crippen molar-refractivity contribution in [1.29, 1.82) is 0 Å². The zero-order valence-corrected chi connectivity index (χ0v) is 16.3. The van der Waals surface area contributed by atoms with Crippen molar-refractivity contribution in [1.82, 2.24) is 20.1 Å². The first-order valence-corrected chi connectivity index (χ1v) is 9.46. The monoisotopic (exact) mass is 363 g/mol. The molecule has 0 spiro atoms. The van der Waals surface area contributed by atoms with Gasteiger partial charge in [-0.3, -0.25) is 14.7 Å². The third kappa shape index (κ3) is 6.46. The summed E-state index contributed by atoms with van der Waals surface area (Å²) >= 11 is 0. The van der Waals surface area contributed by atoms with E-state index in [4.69, 9.17) is 4.74 Å². The number of aromatic nitrogens is 1. The summed E-state index contributed by atoms with van der Waals surface area (Å²) < 4.78 is 7.19. The molecule has 7 heteroatoms. The highest BCUT2D eigenvalue weighted by molar-refractivity contribution is 5.79. The highest BCUT2D eigenvalue weighted by Gasteiger charge is 2.28. The van der Waals surface area contributed by atoms with Gasteiger partial charge in [0.1, 0.15) is 0 Å². The number of aliphatic imine (C=N–C) groups is 1. The summed E-state index contributed by atoms with van der Waals surface area (Å²) in [5.74, 6) is 0.822. The largest absolute Gasteiger partial charge is 0.379 e. The Hall–Kier alpha value is -1.86. The molecule has 1 aromatic rings. The van der Waals surface area contributed by atoms with Crippen LogP contribution in [0.4, 0.5) is 0 Å². The van der Waals surface area contributed by atoms with Gasteiger partial charge in [-0.2, -0.15) is 0 Å². The third-order valence-electron chi connectivity index (χ3n) is 4.80. The van der Waals surface area contributed by atoms with E-state index in [1.54, 1.807) is 23.7 Å². The SMILES string of the molecule is CN=C(NCCCCn1ccccc1=O)NCC(C)(C)N1CCOCC1. The molecule has 0 unspecified atom stereocenters. The lowest BCUT2D eigenvalue weighted by molar-refractivity contribution is -0.00833. The minimum absolute atomic E-state index is 0.0515. The number of rotatable bonds is 8. The Balaban J connectivity index is 1.66. The summed E-state index contributed by atoms with van der Waals surface area (Å²) in [4.78, 5) is 18.4. The average molecular weight is 364 g/mol. The average Bonchev–Trinajstić information content (AvgIpc) is 2.66. The fourth-order valence-electron chi connectivity index (χ4n) is 3.06. The molecule has 7 nitrogen and oxygen atoms in total. The summed E-state index contributed by atoms with van der Waals surface area (Å²) in [6, 6.07) is 5.26. The second-order valence-corrected chi connectivity index (χ2v) is 7.20. The Morgan fingerprint density at radius 3 is 2.69 bits per heavy atom. The van der Waals surface area contributed by atoms with E-state index >= 15 is 0 Å². The maximum atomic E-state index is 11.7. The number of nitrogens with one attached hydrogen (secondary N) is 2. The van der Waals surface area contributed by atoms with E-state index in [1.807, 2.05) is 12.3 Å². The molecule has 0 saturated carbocycles. The van der Waals surface area contributed by atoms with Crippen molar-refractivity contribution < 1.29 is 4.74 Å². The summed E-state index contributed by atoms with van der Waals surface area (Å²) in [6.07, 6.45) is 3.77. The topological polar surface area (TPSA) is 70.9 Å². The lowest BCUT2D eigenvalue weighted by Crippen LogP contribution is -2.56. The molecule has 0 aromatic carbocycles. The minimum Gasteiger partial charge on any atom is -0.379 e. The van der Waals surface area contributed by atoms with Crippen LogP contribution in [0, 0.1) is 0 Å². The molecular formula is C19H33N5O2. The third-order valence-corrected chi connectivity index (χ3v) is 4.80. The molecule has 2 N–H and O–H groups in total. The van der Waals surface area contributed by atoms with Crippen molar-refractivity contribution in [2.24, 2.45) is 4.99 Å². The number of aryl methyl sites for hydroxylation is 1. The van der Waals surface area contributed by atoms with E-state index < -0.39 is 0 Å². The molecular weight excluding hydrogens is 330 g/mol. The second kappa shape index (κ2) is 10.3. The smallest absolute Gasteiger partial charge is 0.250 e. The zero-order chi connectivity index (χ0) is 18.8. The van der Waals surface area contributed by atoms with Crippen LogP contribution in [-0.2, 0) is 11.3 Å². The number of hydrogen-bond acceptors (Lipinski definition) is 4. The maximum Gasteiger partial charge on any atom is 0.250 e. The van der Waals surface area contributed by atoms with Crippen molar-refractivity contribution in [3.63, 3.8) is 0 Å². The highest BCUT2D eigenvalue weighted by Crippen LogP contribution is 2.14. The molecule has 0 bridgehead atoms. The lowest BCUT2D eigenvalue weighted by Gasteiger charge is -2.41. The molecule has 2 heterocycles. The second-order valence-electron chi connectivity index (χ2n) is 7.20. The van der Waals surface area contributed by atoms with Gasteiger partial charge in [-0.05, 0) is 32.8 Å². The van der Waals surface area contributed by atoms with Crippen LogP contribution in [0.5, 0.6) is 0 Å². The van der Waals surface area contributed by atoms with Crippen molar-refractivity contribution in [2.75, 3.05) is 46.4 Å². The molecule has 0 aliphatic carbocycles. The van der Waals surface area contributed by atoms with E-state index in [1.165, 1.54) is 0 Å². The Morgan fingerprint density at radius 2 is 2.00 bits per heavy atom. The predicted molar refractivity (Wildman–Crippen MR) is 106 cm³/mol. The van der Waals surface area contributed by atoms with E-state index in [2.05, 4.69) is 34.4 Å². The zero-order valence-electron chi connectivity index (χ0n) is 16.3. The molecule has 1 aliphatic heterocycles. The number of hydrogen-bond donors (Lipinski definition) is 2. The van der Waals surface area contributed by atoms with Crippen molar-refractivity contribution in [3.05, 3.63) is 34.7 Å². The lowest BCUT2D eigenvalue weighted by atomic mass is 10.0. The molecule has 1 fully saturated rings.